The van der Waals surface area contributed by atoms with Crippen molar-refractivity contribution in [2.75, 3.05) is 24.7 Å². The number of nitrogen functional groups attached to an aromatic ring is 1. The highest BCUT2D eigenvalue weighted by Gasteiger charge is 2.27. The van der Waals surface area contributed by atoms with Crippen LogP contribution in [0, 0.1) is 0 Å². The number of amides is 3. The number of carbonyl (C=O) groups excluding carboxylic acids is 2. The number of rotatable bonds is 6. The van der Waals surface area contributed by atoms with Crippen molar-refractivity contribution in [1.82, 2.24) is 25.1 Å². The molecule has 0 aliphatic carbocycles. The van der Waals surface area contributed by atoms with Crippen LogP contribution in [0.25, 0.3) is 11.4 Å². The molecular formula is C14H15BrN6O2S. The Morgan fingerprint density at radius 2 is 2.08 bits per heavy atom. The number of hydrogen-bond acceptors (Lipinski definition) is 6. The second-order valence-electron chi connectivity index (χ2n) is 5.06. The fourth-order valence-electron chi connectivity index (χ4n) is 2.27. The van der Waals surface area contributed by atoms with Crippen molar-refractivity contribution in [1.29, 1.82) is 0 Å². The highest BCUT2D eigenvalue weighted by molar-refractivity contribution is 9.10. The molecule has 1 saturated heterocycles. The number of carbonyl (C=O) groups is 2. The zero-order valence-corrected chi connectivity index (χ0v) is 15.0. The average Bonchev–Trinajstić information content (AvgIpc) is 3.08. The van der Waals surface area contributed by atoms with Gasteiger partial charge in [0.2, 0.25) is 11.1 Å². The molecule has 1 aliphatic heterocycles. The van der Waals surface area contributed by atoms with Crippen LogP contribution in [0.3, 0.4) is 0 Å². The maximum absolute atomic E-state index is 11.5. The summed E-state index contributed by atoms with van der Waals surface area (Å²) in [7, 11) is 0. The van der Waals surface area contributed by atoms with Gasteiger partial charge in [0, 0.05) is 22.3 Å². The Morgan fingerprint density at radius 3 is 2.79 bits per heavy atom. The quantitative estimate of drug-likeness (QED) is 0.323. The molecule has 126 valence electrons. The van der Waals surface area contributed by atoms with Gasteiger partial charge in [0.25, 0.3) is 0 Å². The summed E-state index contributed by atoms with van der Waals surface area (Å²) >= 11 is 4.90. The van der Waals surface area contributed by atoms with Gasteiger partial charge in [0.15, 0.2) is 5.82 Å². The Morgan fingerprint density at radius 1 is 1.29 bits per heavy atom. The van der Waals surface area contributed by atoms with Gasteiger partial charge in [-0.2, -0.15) is 0 Å². The van der Waals surface area contributed by atoms with Gasteiger partial charge in [-0.05, 0) is 18.6 Å². The summed E-state index contributed by atoms with van der Waals surface area (Å²) in [4.78, 5) is 24.1. The van der Waals surface area contributed by atoms with E-state index in [1.54, 1.807) is 0 Å². The molecule has 1 aromatic heterocycles. The Labute approximate surface area is 150 Å². The first-order valence-electron chi connectivity index (χ1n) is 7.24. The maximum Gasteiger partial charge on any atom is 0.324 e. The largest absolute Gasteiger partial charge is 0.335 e. The highest BCUT2D eigenvalue weighted by Crippen LogP contribution is 2.28. The molecule has 3 N–H and O–H groups in total. The molecule has 10 heteroatoms. The lowest BCUT2D eigenvalue weighted by atomic mass is 10.2. The van der Waals surface area contributed by atoms with Crippen molar-refractivity contribution < 1.29 is 9.59 Å². The van der Waals surface area contributed by atoms with E-state index in [0.717, 1.165) is 10.0 Å². The third kappa shape index (κ3) is 3.39. The number of imide groups is 1. The van der Waals surface area contributed by atoms with Crippen LogP contribution in [-0.2, 0) is 4.79 Å². The predicted octanol–water partition coefficient (Wildman–Crippen LogP) is 1.46. The molecule has 0 saturated carbocycles. The predicted molar refractivity (Wildman–Crippen MR) is 93.8 cm³/mol. The number of aromatic nitrogens is 3. The lowest BCUT2D eigenvalue weighted by molar-refractivity contribution is -0.124. The van der Waals surface area contributed by atoms with Crippen LogP contribution in [0.15, 0.2) is 33.9 Å². The number of thioether (sulfide) groups is 1. The molecule has 8 nitrogen and oxygen atoms in total. The van der Waals surface area contributed by atoms with E-state index in [2.05, 4.69) is 31.4 Å². The van der Waals surface area contributed by atoms with Crippen molar-refractivity contribution in [2.24, 2.45) is 0 Å². The van der Waals surface area contributed by atoms with Gasteiger partial charge in [-0.25, -0.2) is 9.47 Å². The monoisotopic (exact) mass is 410 g/mol. The molecule has 0 atom stereocenters. The molecule has 24 heavy (non-hydrogen) atoms. The zero-order chi connectivity index (χ0) is 17.1. The first-order chi connectivity index (χ1) is 11.6. The maximum atomic E-state index is 11.5. The molecule has 0 radical (unpaired) electrons. The number of benzene rings is 1. The van der Waals surface area contributed by atoms with Gasteiger partial charge in [-0.15, -0.1) is 10.2 Å². The first-order valence-corrected chi connectivity index (χ1v) is 9.02. The molecule has 1 fully saturated rings. The molecule has 2 aromatic rings. The van der Waals surface area contributed by atoms with E-state index < -0.39 is 0 Å². The van der Waals surface area contributed by atoms with Gasteiger partial charge in [-0.1, -0.05) is 39.8 Å². The van der Waals surface area contributed by atoms with Crippen LogP contribution in [0.5, 0.6) is 0 Å². The number of nitrogens with zero attached hydrogens (tertiary/aromatic N) is 4. The second-order valence-corrected chi connectivity index (χ2v) is 6.98. The summed E-state index contributed by atoms with van der Waals surface area (Å²) in [5, 5.41) is 11.3. The molecule has 3 amide bonds. The fourth-order valence-corrected chi connectivity index (χ4v) is 3.51. The lowest BCUT2D eigenvalue weighted by Gasteiger charge is -2.11. The summed E-state index contributed by atoms with van der Waals surface area (Å²) in [6.45, 7) is 0.464. The number of nitrogens with two attached hydrogens (primary N) is 1. The Balaban J connectivity index is 1.58. The molecule has 0 unspecified atom stereocenters. The second kappa shape index (κ2) is 7.22. The Kier molecular flexibility index (Phi) is 5.05. The minimum absolute atomic E-state index is 0.0818. The molecule has 0 spiro atoms. The number of hydrogen-bond donors (Lipinski definition) is 2. The van der Waals surface area contributed by atoms with Crippen LogP contribution in [0.1, 0.15) is 6.42 Å². The minimum Gasteiger partial charge on any atom is -0.335 e. The first kappa shape index (κ1) is 16.8. The summed E-state index contributed by atoms with van der Waals surface area (Å²) in [6, 6.07) is 7.30. The normalized spacial score (nSPS) is 14.3. The van der Waals surface area contributed by atoms with Gasteiger partial charge >= 0.3 is 6.03 Å². The molecule has 2 heterocycles. The third-order valence-corrected chi connectivity index (χ3v) is 5.19. The fraction of sp³-hybridized carbons (Fsp3) is 0.286. The van der Waals surface area contributed by atoms with Crippen molar-refractivity contribution in [3.8, 4) is 11.4 Å². The molecule has 0 bridgehead atoms. The molecule has 3 rings (SSSR count). The highest BCUT2D eigenvalue weighted by atomic mass is 79.9. The third-order valence-electron chi connectivity index (χ3n) is 3.47. The summed E-state index contributed by atoms with van der Waals surface area (Å²) < 4.78 is 2.33. The van der Waals surface area contributed by atoms with Crippen molar-refractivity contribution in [3.05, 3.63) is 28.7 Å². The SMILES string of the molecule is Nn1c(SCCCN2C(=O)CNC2=O)nnc1-c1ccccc1Br. The number of halogens is 1. The van der Waals surface area contributed by atoms with Crippen LogP contribution < -0.4 is 11.2 Å². The molecular weight excluding hydrogens is 396 g/mol. The summed E-state index contributed by atoms with van der Waals surface area (Å²) in [6.07, 6.45) is 0.654. The zero-order valence-electron chi connectivity index (χ0n) is 12.6. The van der Waals surface area contributed by atoms with E-state index in [-0.39, 0.29) is 18.5 Å². The van der Waals surface area contributed by atoms with Crippen LogP contribution in [-0.4, -0.2) is 50.6 Å². The minimum atomic E-state index is -0.330. The van der Waals surface area contributed by atoms with E-state index in [4.69, 9.17) is 5.84 Å². The van der Waals surface area contributed by atoms with Crippen LogP contribution in [0.2, 0.25) is 0 Å². The summed E-state index contributed by atoms with van der Waals surface area (Å²) in [5.41, 5.74) is 0.860. The molecule has 1 aliphatic rings. The van der Waals surface area contributed by atoms with Crippen LogP contribution in [0.4, 0.5) is 4.79 Å². The van der Waals surface area contributed by atoms with Crippen molar-refractivity contribution >= 4 is 39.6 Å². The van der Waals surface area contributed by atoms with E-state index >= 15 is 0 Å². The topological polar surface area (TPSA) is 106 Å². The lowest BCUT2D eigenvalue weighted by Crippen LogP contribution is -2.32. The van der Waals surface area contributed by atoms with Crippen molar-refractivity contribution in [2.45, 2.75) is 11.6 Å². The Bertz CT molecular complexity index is 764. The van der Waals surface area contributed by atoms with Gasteiger partial charge < -0.3 is 11.2 Å². The standard InChI is InChI=1S/C14H15BrN6O2S/c15-10-5-2-1-4-9(10)12-18-19-14(21(12)16)24-7-3-6-20-11(22)8-17-13(20)23/h1-2,4-5H,3,6-8,16H2,(H,17,23). The summed E-state index contributed by atoms with van der Waals surface area (Å²) in [5.74, 6) is 7.12. The van der Waals surface area contributed by atoms with E-state index in [9.17, 15) is 9.59 Å². The number of nitrogens with one attached hydrogen (secondary N) is 1. The van der Waals surface area contributed by atoms with E-state index in [1.807, 2.05) is 24.3 Å². The van der Waals surface area contributed by atoms with E-state index in [0.29, 0.717) is 29.7 Å². The Hall–Kier alpha value is -2.07. The molecule has 1 aromatic carbocycles. The van der Waals surface area contributed by atoms with E-state index in [1.165, 1.54) is 21.3 Å². The van der Waals surface area contributed by atoms with Gasteiger partial charge in [0.05, 0.1) is 6.54 Å². The van der Waals surface area contributed by atoms with Gasteiger partial charge in [0.1, 0.15) is 0 Å². The average molecular weight is 411 g/mol. The number of urea groups is 1. The smallest absolute Gasteiger partial charge is 0.324 e. The van der Waals surface area contributed by atoms with Crippen LogP contribution >= 0.6 is 27.7 Å². The van der Waals surface area contributed by atoms with Gasteiger partial charge in [-0.3, -0.25) is 9.69 Å². The van der Waals surface area contributed by atoms with Crippen molar-refractivity contribution in [3.63, 3.8) is 0 Å².